The van der Waals surface area contributed by atoms with Crippen LogP contribution in [-0.2, 0) is 23.9 Å². The number of hydrogen-bond donors (Lipinski definition) is 0. The van der Waals surface area contributed by atoms with E-state index in [-0.39, 0.29) is 57.7 Å². The first-order valence-electron chi connectivity index (χ1n) is 12.9. The molecule has 0 saturated carbocycles. The number of unbranched alkanes of at least 4 members (excludes halogenated alkanes) is 1. The molecule has 0 spiro atoms. The summed E-state index contributed by atoms with van der Waals surface area (Å²) in [5.74, 6) is -3.65. The Hall–Kier alpha value is -3.17. The summed E-state index contributed by atoms with van der Waals surface area (Å²) in [4.78, 5) is 53.5. The van der Waals surface area contributed by atoms with Crippen LogP contribution < -0.4 is 4.90 Å². The van der Waals surface area contributed by atoms with Gasteiger partial charge in [-0.1, -0.05) is 43.1 Å². The van der Waals surface area contributed by atoms with Crippen LogP contribution in [0.2, 0.25) is 5.02 Å². The van der Waals surface area contributed by atoms with Gasteiger partial charge in [-0.3, -0.25) is 14.4 Å². The van der Waals surface area contributed by atoms with E-state index in [0.29, 0.717) is 25.7 Å². The lowest BCUT2D eigenvalue weighted by molar-refractivity contribution is -0.140. The molecule has 0 radical (unpaired) electrons. The zero-order chi connectivity index (χ0) is 28.4. The molecule has 7 nitrogen and oxygen atoms in total. The molecule has 0 atom stereocenters. The number of amides is 2. The van der Waals surface area contributed by atoms with Crippen LogP contribution in [0, 0.1) is 5.82 Å². The van der Waals surface area contributed by atoms with Gasteiger partial charge >= 0.3 is 11.9 Å². The summed E-state index contributed by atoms with van der Waals surface area (Å²) in [6, 6.07) is 10.3. The van der Waals surface area contributed by atoms with Crippen LogP contribution in [-0.4, -0.2) is 42.7 Å². The van der Waals surface area contributed by atoms with Gasteiger partial charge in [-0.15, -0.1) is 11.8 Å². The third-order valence-electron chi connectivity index (χ3n) is 6.02. The van der Waals surface area contributed by atoms with Crippen LogP contribution in [0.15, 0.2) is 58.5 Å². The Kier molecular flexibility index (Phi) is 11.6. The second-order valence-electron chi connectivity index (χ2n) is 8.79. The number of carbonyl (C=O) groups is 4. The van der Waals surface area contributed by atoms with E-state index in [1.54, 1.807) is 25.1 Å². The Balaban J connectivity index is 2.08. The minimum Gasteiger partial charge on any atom is -0.465 e. The lowest BCUT2D eigenvalue weighted by Crippen LogP contribution is -2.40. The lowest BCUT2D eigenvalue weighted by atomic mass is 9.90. The standard InChI is InChI=1S/C29H31ClFNO6S/c1-3-5-15-38-29(36)21-14-10-9-13-20(21)28(35)32(27(34)19-11-7-6-8-12-19)24-17-25(22(30)16-23(24)31)39-18-26(33)37-4-2/h6-8,11-12,16-17H,3-5,9-10,13-15,18H2,1-2H3. The monoisotopic (exact) mass is 575 g/mol. The quantitative estimate of drug-likeness (QED) is 0.130. The number of halogens is 2. The second-order valence-corrected chi connectivity index (χ2v) is 10.2. The fraction of sp³-hybridized carbons (Fsp3) is 0.379. The van der Waals surface area contributed by atoms with Crippen LogP contribution in [0.3, 0.4) is 0 Å². The number of rotatable bonds is 11. The highest BCUT2D eigenvalue weighted by Crippen LogP contribution is 2.36. The van der Waals surface area contributed by atoms with Crippen LogP contribution >= 0.6 is 23.4 Å². The highest BCUT2D eigenvalue weighted by Gasteiger charge is 2.34. The van der Waals surface area contributed by atoms with E-state index in [0.717, 1.165) is 29.1 Å². The molecule has 0 aromatic heterocycles. The van der Waals surface area contributed by atoms with Crippen molar-refractivity contribution in [2.24, 2.45) is 0 Å². The van der Waals surface area contributed by atoms with Crippen LogP contribution in [0.25, 0.3) is 0 Å². The number of nitrogens with zero attached hydrogens (tertiary/aromatic N) is 1. The molecule has 2 aromatic carbocycles. The van der Waals surface area contributed by atoms with Gasteiger partial charge in [0.25, 0.3) is 11.8 Å². The highest BCUT2D eigenvalue weighted by molar-refractivity contribution is 8.00. The van der Waals surface area contributed by atoms with E-state index in [4.69, 9.17) is 21.1 Å². The van der Waals surface area contributed by atoms with Crippen molar-refractivity contribution in [2.75, 3.05) is 23.9 Å². The normalized spacial score (nSPS) is 13.1. The second kappa shape index (κ2) is 14.8. The minimum absolute atomic E-state index is 0.0159. The predicted octanol–water partition coefficient (Wildman–Crippen LogP) is 6.52. The van der Waals surface area contributed by atoms with E-state index in [1.165, 1.54) is 18.2 Å². The number of imide groups is 1. The Morgan fingerprint density at radius 3 is 2.33 bits per heavy atom. The molecule has 0 saturated heterocycles. The van der Waals surface area contributed by atoms with Crippen LogP contribution in [0.4, 0.5) is 10.1 Å². The van der Waals surface area contributed by atoms with E-state index in [1.807, 2.05) is 6.92 Å². The number of carbonyl (C=O) groups excluding carboxylic acids is 4. The largest absolute Gasteiger partial charge is 0.465 e. The fourth-order valence-electron chi connectivity index (χ4n) is 4.06. The molecular weight excluding hydrogens is 545 g/mol. The molecule has 0 fully saturated rings. The zero-order valence-electron chi connectivity index (χ0n) is 22.0. The molecule has 0 unspecified atom stereocenters. The third kappa shape index (κ3) is 7.92. The molecule has 1 aliphatic rings. The SMILES string of the molecule is CCCCOC(=O)C1=C(C(=O)N(C(=O)c2ccccc2)c2cc(SCC(=O)OCC)c(Cl)cc2F)CCCC1. The minimum atomic E-state index is -0.901. The molecule has 208 valence electrons. The van der Waals surface area contributed by atoms with Crippen molar-refractivity contribution in [3.63, 3.8) is 0 Å². The van der Waals surface area contributed by atoms with E-state index < -0.39 is 29.6 Å². The Morgan fingerprint density at radius 2 is 1.67 bits per heavy atom. The van der Waals surface area contributed by atoms with Crippen molar-refractivity contribution in [3.8, 4) is 0 Å². The Labute approximate surface area is 236 Å². The average molecular weight is 576 g/mol. The molecule has 0 bridgehead atoms. The summed E-state index contributed by atoms with van der Waals surface area (Å²) < 4.78 is 25.7. The topological polar surface area (TPSA) is 90.0 Å². The van der Waals surface area contributed by atoms with Gasteiger partial charge in [0, 0.05) is 21.6 Å². The van der Waals surface area contributed by atoms with Gasteiger partial charge in [0.05, 0.1) is 29.7 Å². The van der Waals surface area contributed by atoms with Gasteiger partial charge in [0.2, 0.25) is 0 Å². The molecule has 1 aliphatic carbocycles. The summed E-state index contributed by atoms with van der Waals surface area (Å²) in [6.45, 7) is 4.07. The average Bonchev–Trinajstić information content (AvgIpc) is 2.94. The molecular formula is C29H31ClFNO6S. The van der Waals surface area contributed by atoms with Gasteiger partial charge in [0.1, 0.15) is 5.82 Å². The Morgan fingerprint density at radius 1 is 0.974 bits per heavy atom. The molecule has 0 aliphatic heterocycles. The molecule has 2 aromatic rings. The van der Waals surface area contributed by atoms with Crippen molar-refractivity contribution in [2.45, 2.75) is 57.3 Å². The fourth-order valence-corrected chi connectivity index (χ4v) is 5.12. The molecule has 0 heterocycles. The van der Waals surface area contributed by atoms with Crippen molar-refractivity contribution in [1.82, 2.24) is 0 Å². The maximum Gasteiger partial charge on any atom is 0.334 e. The number of thioether (sulfide) groups is 1. The molecule has 3 rings (SSSR count). The molecule has 2 amide bonds. The van der Waals surface area contributed by atoms with Crippen molar-refractivity contribution >= 4 is 52.8 Å². The van der Waals surface area contributed by atoms with Gasteiger partial charge in [-0.2, -0.15) is 0 Å². The summed E-state index contributed by atoms with van der Waals surface area (Å²) in [5, 5.41) is 0.0159. The molecule has 10 heteroatoms. The van der Waals surface area contributed by atoms with Gasteiger partial charge in [0.15, 0.2) is 0 Å². The van der Waals surface area contributed by atoms with Gasteiger partial charge < -0.3 is 9.47 Å². The third-order valence-corrected chi connectivity index (χ3v) is 7.48. The highest BCUT2D eigenvalue weighted by atomic mass is 35.5. The zero-order valence-corrected chi connectivity index (χ0v) is 23.5. The van der Waals surface area contributed by atoms with Crippen molar-refractivity contribution < 1.29 is 33.0 Å². The maximum atomic E-state index is 15.4. The summed E-state index contributed by atoms with van der Waals surface area (Å²) in [6.07, 6.45) is 3.40. The first-order chi connectivity index (χ1) is 18.8. The summed E-state index contributed by atoms with van der Waals surface area (Å²) in [5.41, 5.74) is 0.160. The van der Waals surface area contributed by atoms with Crippen LogP contribution in [0.1, 0.15) is 62.7 Å². The molecule has 0 N–H and O–H groups in total. The van der Waals surface area contributed by atoms with E-state index in [2.05, 4.69) is 0 Å². The smallest absolute Gasteiger partial charge is 0.334 e. The van der Waals surface area contributed by atoms with Crippen molar-refractivity contribution in [1.29, 1.82) is 0 Å². The number of anilines is 1. The molecule has 39 heavy (non-hydrogen) atoms. The van der Waals surface area contributed by atoms with E-state index >= 15 is 4.39 Å². The summed E-state index contributed by atoms with van der Waals surface area (Å²) >= 11 is 7.24. The first-order valence-corrected chi connectivity index (χ1v) is 14.2. The van der Waals surface area contributed by atoms with Crippen molar-refractivity contribution in [3.05, 3.63) is 70.0 Å². The van der Waals surface area contributed by atoms with Crippen LogP contribution in [0.5, 0.6) is 0 Å². The van der Waals surface area contributed by atoms with E-state index in [9.17, 15) is 19.2 Å². The first kappa shape index (κ1) is 30.4. The number of hydrogen-bond acceptors (Lipinski definition) is 7. The predicted molar refractivity (Wildman–Crippen MR) is 148 cm³/mol. The van der Waals surface area contributed by atoms with Gasteiger partial charge in [-0.05, 0) is 63.3 Å². The maximum absolute atomic E-state index is 15.4. The number of ether oxygens (including phenoxy) is 2. The lowest BCUT2D eigenvalue weighted by Gasteiger charge is -2.26. The Bertz CT molecular complexity index is 1250. The number of esters is 2. The number of benzene rings is 2. The summed E-state index contributed by atoms with van der Waals surface area (Å²) in [7, 11) is 0. The van der Waals surface area contributed by atoms with Gasteiger partial charge in [-0.25, -0.2) is 14.1 Å².